The van der Waals surface area contributed by atoms with Crippen LogP contribution in [0.2, 0.25) is 0 Å². The molecule has 3 saturated carbocycles. The van der Waals surface area contributed by atoms with Crippen LogP contribution in [0.1, 0.15) is 114 Å². The van der Waals surface area contributed by atoms with Gasteiger partial charge in [0.15, 0.2) is 0 Å². The molecule has 0 aliphatic heterocycles. The molecule has 0 saturated heterocycles. The smallest absolute Gasteiger partial charge is 0.0852 e. The van der Waals surface area contributed by atoms with Crippen molar-refractivity contribution in [2.45, 2.75) is 131 Å². The second-order valence-corrected chi connectivity index (χ2v) is 15.1. The summed E-state index contributed by atoms with van der Waals surface area (Å²) in [5, 5.41) is 22.5. The average Bonchev–Trinajstić information content (AvgIpc) is 3.10. The molecule has 0 radical (unpaired) electrons. The van der Waals surface area contributed by atoms with E-state index in [1.165, 1.54) is 25.7 Å². The molecular formula is C32H56O3. The van der Waals surface area contributed by atoms with Gasteiger partial charge in [0.1, 0.15) is 0 Å². The minimum atomic E-state index is -0.813. The minimum Gasteiger partial charge on any atom is -0.393 e. The summed E-state index contributed by atoms with van der Waals surface area (Å²) in [6.45, 7) is 21.1. The fourth-order valence-electron chi connectivity index (χ4n) is 10.1. The second kappa shape index (κ2) is 8.84. The Morgan fingerprint density at radius 3 is 2.34 bits per heavy atom. The Morgan fingerprint density at radius 2 is 1.74 bits per heavy atom. The highest BCUT2D eigenvalue weighted by Crippen LogP contribution is 2.76. The quantitative estimate of drug-likeness (QED) is 0.383. The van der Waals surface area contributed by atoms with E-state index in [1.807, 2.05) is 13.8 Å². The third-order valence-corrected chi connectivity index (χ3v) is 13.3. The first-order valence-electron chi connectivity index (χ1n) is 14.7. The molecule has 10 atom stereocenters. The van der Waals surface area contributed by atoms with E-state index in [2.05, 4.69) is 54.5 Å². The Bertz CT molecular complexity index is 823. The molecule has 3 heteroatoms. The largest absolute Gasteiger partial charge is 0.393 e. The molecule has 4 rings (SSSR count). The van der Waals surface area contributed by atoms with E-state index >= 15 is 0 Å². The third-order valence-electron chi connectivity index (χ3n) is 13.3. The Hall–Kier alpha value is -0.380. The monoisotopic (exact) mass is 488 g/mol. The molecule has 0 heterocycles. The second-order valence-electron chi connectivity index (χ2n) is 15.1. The molecule has 0 aromatic carbocycles. The van der Waals surface area contributed by atoms with Gasteiger partial charge in [0, 0.05) is 12.5 Å². The van der Waals surface area contributed by atoms with Crippen LogP contribution in [0.4, 0.5) is 0 Å². The summed E-state index contributed by atoms with van der Waals surface area (Å²) >= 11 is 0. The number of fused-ring (bicyclic) bond motifs is 5. The van der Waals surface area contributed by atoms with E-state index in [-0.39, 0.29) is 33.9 Å². The fraction of sp³-hybridized carbons (Fsp3) is 0.938. The van der Waals surface area contributed by atoms with Crippen LogP contribution >= 0.6 is 0 Å². The van der Waals surface area contributed by atoms with Crippen molar-refractivity contribution in [2.75, 3.05) is 7.11 Å². The Balaban J connectivity index is 1.62. The highest BCUT2D eigenvalue weighted by Gasteiger charge is 2.71. The van der Waals surface area contributed by atoms with Crippen LogP contribution in [0.5, 0.6) is 0 Å². The predicted molar refractivity (Wildman–Crippen MR) is 145 cm³/mol. The van der Waals surface area contributed by atoms with Gasteiger partial charge in [-0.3, -0.25) is 0 Å². The van der Waals surface area contributed by atoms with Gasteiger partial charge in [-0.2, -0.15) is 0 Å². The number of rotatable bonds is 6. The topological polar surface area (TPSA) is 49.7 Å². The molecule has 0 spiro atoms. The van der Waals surface area contributed by atoms with Gasteiger partial charge in [-0.25, -0.2) is 0 Å². The van der Waals surface area contributed by atoms with Gasteiger partial charge in [-0.1, -0.05) is 60.1 Å². The standard InChI is InChI=1S/C32H56O3/c1-20(11-14-27(35-10)29(5,6)34)22-15-17-30(7)25(22)19-26(33)32(9)24-13-12-21(2)28(3,4)23(24)16-18-31(30,32)8/h16,20-22,24-27,33-34H,11-15,17-19H2,1-10H3/t20-,21+,22-,24-,25?,26-,27?,30-,31+,32-/m1/s1. The van der Waals surface area contributed by atoms with Crippen molar-refractivity contribution in [1.82, 2.24) is 0 Å². The number of ether oxygens (including phenoxy) is 1. The molecule has 4 aliphatic carbocycles. The first-order valence-corrected chi connectivity index (χ1v) is 14.7. The average molecular weight is 489 g/mol. The Labute approximate surface area is 216 Å². The zero-order valence-electron chi connectivity index (χ0n) is 24.6. The lowest BCUT2D eigenvalue weighted by Gasteiger charge is -2.70. The van der Waals surface area contributed by atoms with Gasteiger partial charge in [0.25, 0.3) is 0 Å². The van der Waals surface area contributed by atoms with Crippen molar-refractivity contribution in [3.05, 3.63) is 11.6 Å². The molecule has 3 fully saturated rings. The van der Waals surface area contributed by atoms with Crippen LogP contribution < -0.4 is 0 Å². The third kappa shape index (κ3) is 3.84. The number of hydrogen-bond donors (Lipinski definition) is 2. The molecular weight excluding hydrogens is 432 g/mol. The summed E-state index contributed by atoms with van der Waals surface area (Å²) in [6.07, 6.45) is 11.4. The molecule has 0 aromatic rings. The fourth-order valence-corrected chi connectivity index (χ4v) is 10.1. The SMILES string of the molecule is COC(CC[C@@H](C)[C@H]1CC[C@]2(C)C1C[C@@H](O)[C@@]1(C)[C@@H]3CC[C@H](C)C(C)(C)C3=CC[C@]12C)C(C)(C)O. The van der Waals surface area contributed by atoms with Crippen molar-refractivity contribution >= 4 is 0 Å². The van der Waals surface area contributed by atoms with Crippen molar-refractivity contribution in [3.63, 3.8) is 0 Å². The molecule has 0 amide bonds. The summed E-state index contributed by atoms with van der Waals surface area (Å²) < 4.78 is 5.65. The maximum absolute atomic E-state index is 12.0. The minimum absolute atomic E-state index is 0.0556. The lowest BCUT2D eigenvalue weighted by molar-refractivity contribution is -0.222. The maximum Gasteiger partial charge on any atom is 0.0852 e. The van der Waals surface area contributed by atoms with Gasteiger partial charge >= 0.3 is 0 Å². The van der Waals surface area contributed by atoms with Gasteiger partial charge in [0.05, 0.1) is 17.8 Å². The summed E-state index contributed by atoms with van der Waals surface area (Å²) in [5.74, 6) is 3.00. The molecule has 2 N–H and O–H groups in total. The zero-order valence-corrected chi connectivity index (χ0v) is 24.6. The summed E-state index contributed by atoms with van der Waals surface area (Å²) in [7, 11) is 1.72. The zero-order chi connectivity index (χ0) is 26.2. The predicted octanol–water partition coefficient (Wildman–Crippen LogP) is 7.40. The maximum atomic E-state index is 12.0. The number of allylic oxidation sites excluding steroid dienone is 2. The number of aliphatic hydroxyl groups is 2. The van der Waals surface area contributed by atoms with Crippen LogP contribution in [-0.2, 0) is 4.74 Å². The molecule has 2 unspecified atom stereocenters. The normalized spacial score (nSPS) is 46.7. The number of hydrogen-bond acceptors (Lipinski definition) is 3. The molecule has 0 aromatic heterocycles. The van der Waals surface area contributed by atoms with Gasteiger partial charge < -0.3 is 14.9 Å². The van der Waals surface area contributed by atoms with E-state index < -0.39 is 5.60 Å². The van der Waals surface area contributed by atoms with Crippen LogP contribution in [0.15, 0.2) is 11.6 Å². The van der Waals surface area contributed by atoms with E-state index in [9.17, 15) is 10.2 Å². The molecule has 3 nitrogen and oxygen atoms in total. The molecule has 4 aliphatic rings. The Morgan fingerprint density at radius 1 is 1.09 bits per heavy atom. The summed E-state index contributed by atoms with van der Waals surface area (Å²) in [4.78, 5) is 0. The summed E-state index contributed by atoms with van der Waals surface area (Å²) in [6, 6.07) is 0. The van der Waals surface area contributed by atoms with Crippen molar-refractivity contribution in [3.8, 4) is 0 Å². The molecule has 0 bridgehead atoms. The van der Waals surface area contributed by atoms with Crippen LogP contribution in [0.25, 0.3) is 0 Å². The highest BCUT2D eigenvalue weighted by molar-refractivity contribution is 5.32. The van der Waals surface area contributed by atoms with Crippen molar-refractivity contribution < 1.29 is 14.9 Å². The van der Waals surface area contributed by atoms with Gasteiger partial charge in [0.2, 0.25) is 0 Å². The van der Waals surface area contributed by atoms with E-state index in [0.717, 1.165) is 25.7 Å². The van der Waals surface area contributed by atoms with E-state index in [1.54, 1.807) is 12.7 Å². The van der Waals surface area contributed by atoms with Gasteiger partial charge in [-0.05, 0) is 111 Å². The molecule has 202 valence electrons. The first-order chi connectivity index (χ1) is 16.1. The van der Waals surface area contributed by atoms with Crippen molar-refractivity contribution in [1.29, 1.82) is 0 Å². The number of methoxy groups -OCH3 is 1. The number of aliphatic hydroxyl groups excluding tert-OH is 1. The van der Waals surface area contributed by atoms with E-state index in [4.69, 9.17) is 4.74 Å². The molecule has 35 heavy (non-hydrogen) atoms. The van der Waals surface area contributed by atoms with Crippen LogP contribution in [0, 0.1) is 51.2 Å². The first kappa shape index (κ1) is 27.6. The van der Waals surface area contributed by atoms with Crippen molar-refractivity contribution in [2.24, 2.45) is 51.2 Å². The lowest BCUT2D eigenvalue weighted by Crippen LogP contribution is -2.66. The summed E-state index contributed by atoms with van der Waals surface area (Å²) in [5.41, 5.74) is 1.38. The lowest BCUT2D eigenvalue weighted by atomic mass is 9.35. The van der Waals surface area contributed by atoms with Crippen LogP contribution in [0.3, 0.4) is 0 Å². The Kier molecular flexibility index (Phi) is 6.98. The van der Waals surface area contributed by atoms with E-state index in [0.29, 0.717) is 29.6 Å². The highest BCUT2D eigenvalue weighted by atomic mass is 16.5. The van der Waals surface area contributed by atoms with Gasteiger partial charge in [-0.15, -0.1) is 0 Å². The van der Waals surface area contributed by atoms with Crippen LogP contribution in [-0.4, -0.2) is 35.1 Å².